The first kappa shape index (κ1) is 19.4. The number of fused-ring (bicyclic) bond motifs is 1. The van der Waals surface area contributed by atoms with E-state index in [1.54, 1.807) is 0 Å². The van der Waals surface area contributed by atoms with E-state index in [0.717, 1.165) is 25.7 Å². The lowest BCUT2D eigenvalue weighted by molar-refractivity contribution is -0.148. The molecule has 0 aliphatic heterocycles. The summed E-state index contributed by atoms with van der Waals surface area (Å²) in [5.74, 6) is -0.973. The molecule has 6 nitrogen and oxygen atoms in total. The highest BCUT2D eigenvalue weighted by atomic mass is 16.4. The number of benzene rings is 1. The maximum absolute atomic E-state index is 11.7. The van der Waals surface area contributed by atoms with Crippen LogP contribution in [0.15, 0.2) is 24.3 Å². The Morgan fingerprint density at radius 1 is 1.15 bits per heavy atom. The lowest BCUT2D eigenvalue weighted by Gasteiger charge is -2.45. The van der Waals surface area contributed by atoms with Crippen molar-refractivity contribution < 1.29 is 19.9 Å². The van der Waals surface area contributed by atoms with Crippen LogP contribution in [0.4, 0.5) is 0 Å². The number of rotatable bonds is 9. The highest BCUT2D eigenvalue weighted by Gasteiger charge is 2.48. The fourth-order valence-electron chi connectivity index (χ4n) is 4.41. The number of carboxylic acids is 1. The standard InChI is InChI=1S/C19H29BN2O4/c21-19(18(23)24,7-3-4-8-20(25)26)15-11-17(12-15)22-16-9-13-5-1-2-6-14(13)10-16/h1-2,5-6,15-17,22,25-26H,3-4,7-12,21H2,(H,23,24)/t15-,17-,19?. The molecule has 0 radical (unpaired) electrons. The van der Waals surface area contributed by atoms with Crippen molar-refractivity contribution in [3.8, 4) is 0 Å². The van der Waals surface area contributed by atoms with Crippen LogP contribution < -0.4 is 11.1 Å². The number of unbranched alkanes of at least 4 members (excludes halogenated alkanes) is 1. The van der Waals surface area contributed by atoms with Gasteiger partial charge in [-0.1, -0.05) is 37.1 Å². The van der Waals surface area contributed by atoms with E-state index in [9.17, 15) is 9.90 Å². The van der Waals surface area contributed by atoms with E-state index >= 15 is 0 Å². The molecule has 1 fully saturated rings. The normalized spacial score (nSPS) is 24.6. The summed E-state index contributed by atoms with van der Waals surface area (Å²) in [6.07, 6.45) is 5.44. The van der Waals surface area contributed by atoms with Gasteiger partial charge in [0.15, 0.2) is 0 Å². The van der Waals surface area contributed by atoms with Crippen molar-refractivity contribution in [2.45, 2.75) is 68.9 Å². The van der Waals surface area contributed by atoms with E-state index in [1.807, 2.05) is 0 Å². The van der Waals surface area contributed by atoms with Crippen LogP contribution in [0, 0.1) is 5.92 Å². The molecule has 3 rings (SSSR count). The second-order valence-corrected chi connectivity index (χ2v) is 7.98. The van der Waals surface area contributed by atoms with Crippen LogP contribution in [0.25, 0.3) is 0 Å². The molecule has 1 aromatic rings. The Morgan fingerprint density at radius 3 is 2.31 bits per heavy atom. The predicted octanol–water partition coefficient (Wildman–Crippen LogP) is 0.947. The van der Waals surface area contributed by atoms with Gasteiger partial charge in [-0.05, 0) is 55.5 Å². The molecular weight excluding hydrogens is 331 g/mol. The van der Waals surface area contributed by atoms with Gasteiger partial charge in [0.1, 0.15) is 5.54 Å². The Hall–Kier alpha value is -1.41. The number of nitrogens with two attached hydrogens (primary N) is 1. The van der Waals surface area contributed by atoms with Crippen LogP contribution in [0.5, 0.6) is 0 Å². The Morgan fingerprint density at radius 2 is 1.77 bits per heavy atom. The van der Waals surface area contributed by atoms with Crippen molar-refractivity contribution in [2.24, 2.45) is 11.7 Å². The zero-order valence-corrected chi connectivity index (χ0v) is 15.1. The number of nitrogens with one attached hydrogen (secondary N) is 1. The van der Waals surface area contributed by atoms with Crippen molar-refractivity contribution in [1.29, 1.82) is 0 Å². The molecule has 1 aromatic carbocycles. The molecule has 2 aliphatic carbocycles. The van der Waals surface area contributed by atoms with E-state index in [4.69, 9.17) is 15.8 Å². The number of aliphatic carboxylic acids is 1. The summed E-state index contributed by atoms with van der Waals surface area (Å²) in [5.41, 5.74) is 7.85. The maximum Gasteiger partial charge on any atom is 0.451 e. The summed E-state index contributed by atoms with van der Waals surface area (Å²) < 4.78 is 0. The molecule has 1 saturated carbocycles. The van der Waals surface area contributed by atoms with Crippen LogP contribution in [0.2, 0.25) is 6.32 Å². The van der Waals surface area contributed by atoms with Gasteiger partial charge in [-0.25, -0.2) is 0 Å². The number of carboxylic acid groups (broad SMARTS) is 1. The minimum Gasteiger partial charge on any atom is -0.480 e. The van der Waals surface area contributed by atoms with Crippen LogP contribution in [0.3, 0.4) is 0 Å². The van der Waals surface area contributed by atoms with Crippen LogP contribution in [-0.2, 0) is 17.6 Å². The Kier molecular flexibility index (Phi) is 6.02. The fraction of sp³-hybridized carbons (Fsp3) is 0.632. The first-order valence-electron chi connectivity index (χ1n) is 9.59. The van der Waals surface area contributed by atoms with Crippen molar-refractivity contribution in [2.75, 3.05) is 0 Å². The van der Waals surface area contributed by atoms with Gasteiger partial charge in [0.2, 0.25) is 0 Å². The van der Waals surface area contributed by atoms with E-state index in [0.29, 0.717) is 31.3 Å². The second-order valence-electron chi connectivity index (χ2n) is 7.98. The summed E-state index contributed by atoms with van der Waals surface area (Å²) in [6, 6.07) is 9.28. The maximum atomic E-state index is 11.7. The van der Waals surface area contributed by atoms with Crippen molar-refractivity contribution in [3.05, 3.63) is 35.4 Å². The largest absolute Gasteiger partial charge is 0.480 e. The Labute approximate surface area is 154 Å². The molecule has 1 atom stereocenters. The third-order valence-electron chi connectivity index (χ3n) is 6.09. The molecule has 0 aromatic heterocycles. The Balaban J connectivity index is 1.45. The molecule has 0 amide bonds. The van der Waals surface area contributed by atoms with Gasteiger partial charge < -0.3 is 26.2 Å². The molecule has 142 valence electrons. The van der Waals surface area contributed by atoms with E-state index in [2.05, 4.69) is 29.6 Å². The van der Waals surface area contributed by atoms with Crippen LogP contribution in [0.1, 0.15) is 43.2 Å². The molecule has 0 spiro atoms. The molecule has 2 aliphatic rings. The molecule has 0 saturated heterocycles. The fourth-order valence-corrected chi connectivity index (χ4v) is 4.41. The summed E-state index contributed by atoms with van der Waals surface area (Å²) in [7, 11) is -1.33. The third kappa shape index (κ3) is 4.28. The van der Waals surface area contributed by atoms with Gasteiger partial charge in [0.05, 0.1) is 0 Å². The van der Waals surface area contributed by atoms with E-state index in [-0.39, 0.29) is 12.2 Å². The quantitative estimate of drug-likeness (QED) is 0.331. The molecule has 7 heteroatoms. The zero-order valence-electron chi connectivity index (χ0n) is 15.1. The smallest absolute Gasteiger partial charge is 0.451 e. The molecule has 0 bridgehead atoms. The number of carbonyl (C=O) groups is 1. The van der Waals surface area contributed by atoms with Gasteiger partial charge in [0, 0.05) is 12.1 Å². The molecule has 6 N–H and O–H groups in total. The van der Waals surface area contributed by atoms with Gasteiger partial charge in [-0.3, -0.25) is 4.79 Å². The highest BCUT2D eigenvalue weighted by molar-refractivity contribution is 6.40. The first-order valence-corrected chi connectivity index (χ1v) is 9.59. The summed E-state index contributed by atoms with van der Waals surface area (Å²) in [5, 5.41) is 31.1. The topological polar surface area (TPSA) is 116 Å². The minimum absolute atomic E-state index is 0.0275. The lowest BCUT2D eigenvalue weighted by Crippen LogP contribution is -2.61. The van der Waals surface area contributed by atoms with Gasteiger partial charge in [-0.2, -0.15) is 0 Å². The molecule has 1 unspecified atom stereocenters. The van der Waals surface area contributed by atoms with Crippen LogP contribution in [-0.4, -0.2) is 45.9 Å². The van der Waals surface area contributed by atoms with Gasteiger partial charge in [0.25, 0.3) is 0 Å². The summed E-state index contributed by atoms with van der Waals surface area (Å²) in [6.45, 7) is 0. The number of hydrogen-bond acceptors (Lipinski definition) is 5. The minimum atomic E-state index is -1.33. The zero-order chi connectivity index (χ0) is 18.7. The first-order chi connectivity index (χ1) is 12.4. The average molecular weight is 360 g/mol. The van der Waals surface area contributed by atoms with Gasteiger partial charge in [-0.15, -0.1) is 0 Å². The summed E-state index contributed by atoms with van der Waals surface area (Å²) >= 11 is 0. The molecular formula is C19H29BN2O4. The third-order valence-corrected chi connectivity index (χ3v) is 6.09. The molecule has 0 heterocycles. The Bertz CT molecular complexity index is 611. The average Bonchev–Trinajstić information content (AvgIpc) is 2.96. The van der Waals surface area contributed by atoms with Crippen molar-refractivity contribution >= 4 is 13.1 Å². The van der Waals surface area contributed by atoms with E-state index in [1.165, 1.54) is 11.1 Å². The summed E-state index contributed by atoms with van der Waals surface area (Å²) in [4.78, 5) is 11.7. The van der Waals surface area contributed by atoms with Crippen molar-refractivity contribution in [3.63, 3.8) is 0 Å². The van der Waals surface area contributed by atoms with E-state index < -0.39 is 18.6 Å². The van der Waals surface area contributed by atoms with Crippen LogP contribution >= 0.6 is 0 Å². The predicted molar refractivity (Wildman–Crippen MR) is 101 cm³/mol. The SMILES string of the molecule is NC(CCCCB(O)O)(C(=O)O)[C@H]1C[C@H](NC2Cc3ccccc3C2)C1. The van der Waals surface area contributed by atoms with Crippen molar-refractivity contribution in [1.82, 2.24) is 5.32 Å². The highest BCUT2D eigenvalue weighted by Crippen LogP contribution is 2.39. The lowest BCUT2D eigenvalue weighted by atomic mass is 9.66. The van der Waals surface area contributed by atoms with Gasteiger partial charge >= 0.3 is 13.1 Å². The number of hydrogen-bond donors (Lipinski definition) is 5. The monoisotopic (exact) mass is 360 g/mol. The molecule has 26 heavy (non-hydrogen) atoms. The second kappa shape index (κ2) is 8.09.